The van der Waals surface area contributed by atoms with Crippen molar-refractivity contribution in [3.05, 3.63) is 29.3 Å². The molecule has 1 aromatic rings. The smallest absolute Gasteiger partial charge is 0.0940 e. The SMILES string of the molecule is CCCCCCCCNC(C)C(O)c1ccc(SC(C)C)c(C)c1.Cl. The van der Waals surface area contributed by atoms with Gasteiger partial charge in [0.2, 0.25) is 0 Å². The van der Waals surface area contributed by atoms with Gasteiger partial charge in [0, 0.05) is 16.2 Å². The fraction of sp³-hybridized carbons (Fsp3) is 0.714. The molecule has 0 amide bonds. The maximum Gasteiger partial charge on any atom is 0.0940 e. The summed E-state index contributed by atoms with van der Waals surface area (Å²) in [7, 11) is 0. The highest BCUT2D eigenvalue weighted by atomic mass is 35.5. The molecule has 0 aliphatic heterocycles. The average Bonchev–Trinajstić information content (AvgIpc) is 2.54. The summed E-state index contributed by atoms with van der Waals surface area (Å²) in [5.41, 5.74) is 2.27. The molecule has 0 saturated carbocycles. The monoisotopic (exact) mass is 387 g/mol. The number of rotatable bonds is 12. The van der Waals surface area contributed by atoms with E-state index in [0.717, 1.165) is 12.1 Å². The van der Waals surface area contributed by atoms with Crippen LogP contribution in [-0.4, -0.2) is 22.9 Å². The van der Waals surface area contributed by atoms with E-state index in [-0.39, 0.29) is 18.4 Å². The number of halogens is 1. The van der Waals surface area contributed by atoms with Crippen LogP contribution in [0.5, 0.6) is 0 Å². The third-order valence-corrected chi connectivity index (χ3v) is 5.56. The van der Waals surface area contributed by atoms with Crippen LogP contribution in [0.3, 0.4) is 0 Å². The van der Waals surface area contributed by atoms with Crippen LogP contribution in [0.4, 0.5) is 0 Å². The van der Waals surface area contributed by atoms with Gasteiger partial charge in [-0.05, 0) is 44.0 Å². The molecule has 1 aromatic carbocycles. The van der Waals surface area contributed by atoms with Crippen molar-refractivity contribution >= 4 is 24.2 Å². The zero-order valence-corrected chi connectivity index (χ0v) is 18.3. The van der Waals surface area contributed by atoms with Crippen LogP contribution in [0.15, 0.2) is 23.1 Å². The third kappa shape index (κ3) is 9.89. The highest BCUT2D eigenvalue weighted by molar-refractivity contribution is 8.00. The molecule has 0 aromatic heterocycles. The summed E-state index contributed by atoms with van der Waals surface area (Å²) in [6.45, 7) is 11.9. The molecule has 0 saturated heterocycles. The molecule has 0 aliphatic rings. The number of hydrogen-bond donors (Lipinski definition) is 2. The number of aryl methyl sites for hydroxylation is 1. The van der Waals surface area contributed by atoms with Crippen LogP contribution >= 0.6 is 24.2 Å². The first-order chi connectivity index (χ1) is 11.5. The first-order valence-electron chi connectivity index (χ1n) is 9.64. The minimum Gasteiger partial charge on any atom is -0.387 e. The first-order valence-corrected chi connectivity index (χ1v) is 10.5. The van der Waals surface area contributed by atoms with E-state index >= 15 is 0 Å². The topological polar surface area (TPSA) is 32.3 Å². The number of aliphatic hydroxyl groups is 1. The Hall–Kier alpha value is -0.220. The summed E-state index contributed by atoms with van der Waals surface area (Å²) < 4.78 is 0. The lowest BCUT2D eigenvalue weighted by molar-refractivity contribution is 0.136. The Balaban J connectivity index is 0.00000576. The van der Waals surface area contributed by atoms with Crippen LogP contribution in [-0.2, 0) is 0 Å². The highest BCUT2D eigenvalue weighted by Gasteiger charge is 2.16. The van der Waals surface area contributed by atoms with E-state index in [4.69, 9.17) is 0 Å². The zero-order chi connectivity index (χ0) is 17.9. The molecule has 2 atom stereocenters. The van der Waals surface area contributed by atoms with Gasteiger partial charge in [-0.25, -0.2) is 0 Å². The van der Waals surface area contributed by atoms with Crippen LogP contribution in [0.25, 0.3) is 0 Å². The molecular formula is C21H38ClNOS. The van der Waals surface area contributed by atoms with Gasteiger partial charge in [0.05, 0.1) is 6.10 Å². The van der Waals surface area contributed by atoms with Crippen molar-refractivity contribution in [2.75, 3.05) is 6.54 Å². The second-order valence-corrected chi connectivity index (χ2v) is 8.77. The standard InChI is InChI=1S/C21H37NOS.ClH/c1-6-7-8-9-10-11-14-22-18(5)21(23)19-12-13-20(17(4)15-19)24-16(2)3;/h12-13,15-16,18,21-23H,6-11,14H2,1-5H3;1H. The third-order valence-electron chi connectivity index (χ3n) is 4.37. The van der Waals surface area contributed by atoms with Gasteiger partial charge in [0.15, 0.2) is 0 Å². The minimum absolute atomic E-state index is 0. The van der Waals surface area contributed by atoms with Crippen molar-refractivity contribution in [1.29, 1.82) is 0 Å². The number of nitrogens with one attached hydrogen (secondary N) is 1. The Kier molecular flexibility index (Phi) is 13.8. The number of unbranched alkanes of at least 4 members (excludes halogenated alkanes) is 5. The normalized spacial score (nSPS) is 13.6. The number of benzene rings is 1. The van der Waals surface area contributed by atoms with Crippen LogP contribution in [0.1, 0.15) is 83.5 Å². The van der Waals surface area contributed by atoms with Gasteiger partial charge in [0.25, 0.3) is 0 Å². The van der Waals surface area contributed by atoms with E-state index in [1.165, 1.54) is 49.0 Å². The molecule has 0 radical (unpaired) electrons. The molecule has 25 heavy (non-hydrogen) atoms. The number of thioether (sulfide) groups is 1. The quantitative estimate of drug-likeness (QED) is 0.326. The van der Waals surface area contributed by atoms with Crippen molar-refractivity contribution in [2.24, 2.45) is 0 Å². The molecule has 0 heterocycles. The van der Waals surface area contributed by atoms with Gasteiger partial charge in [0.1, 0.15) is 0 Å². The summed E-state index contributed by atoms with van der Waals surface area (Å²) in [5, 5.41) is 14.7. The van der Waals surface area contributed by atoms with Crippen LogP contribution in [0.2, 0.25) is 0 Å². The summed E-state index contributed by atoms with van der Waals surface area (Å²) >= 11 is 1.88. The zero-order valence-electron chi connectivity index (χ0n) is 16.7. The summed E-state index contributed by atoms with van der Waals surface area (Å²) in [4.78, 5) is 1.31. The molecule has 0 spiro atoms. The van der Waals surface area contributed by atoms with Gasteiger partial charge in [-0.2, -0.15) is 0 Å². The first kappa shape index (κ1) is 24.8. The lowest BCUT2D eigenvalue weighted by Crippen LogP contribution is -2.32. The molecule has 2 N–H and O–H groups in total. The van der Waals surface area contributed by atoms with E-state index < -0.39 is 6.10 Å². The van der Waals surface area contributed by atoms with Gasteiger partial charge in [-0.1, -0.05) is 65.0 Å². The number of aliphatic hydroxyl groups excluding tert-OH is 1. The van der Waals surface area contributed by atoms with Crippen LogP contribution < -0.4 is 5.32 Å². The Labute approximate surface area is 166 Å². The molecule has 0 bridgehead atoms. The molecule has 2 nitrogen and oxygen atoms in total. The Morgan fingerprint density at radius 3 is 2.28 bits per heavy atom. The minimum atomic E-state index is -0.443. The molecule has 2 unspecified atom stereocenters. The van der Waals surface area contributed by atoms with Gasteiger partial charge < -0.3 is 10.4 Å². The summed E-state index contributed by atoms with van der Waals surface area (Å²) in [6.07, 6.45) is 7.39. The molecular weight excluding hydrogens is 350 g/mol. The van der Waals surface area contributed by atoms with Gasteiger partial charge in [-0.3, -0.25) is 0 Å². The van der Waals surface area contributed by atoms with Crippen molar-refractivity contribution in [3.8, 4) is 0 Å². The Morgan fingerprint density at radius 2 is 1.68 bits per heavy atom. The largest absolute Gasteiger partial charge is 0.387 e. The molecule has 146 valence electrons. The lowest BCUT2D eigenvalue weighted by atomic mass is 10.0. The van der Waals surface area contributed by atoms with Gasteiger partial charge in [-0.15, -0.1) is 24.2 Å². The fourth-order valence-corrected chi connectivity index (χ4v) is 3.78. The predicted octanol–water partition coefficient (Wildman–Crippen LogP) is 6.29. The van der Waals surface area contributed by atoms with Crippen molar-refractivity contribution < 1.29 is 5.11 Å². The van der Waals surface area contributed by atoms with E-state index in [0.29, 0.717) is 5.25 Å². The van der Waals surface area contributed by atoms with E-state index in [9.17, 15) is 5.11 Å². The van der Waals surface area contributed by atoms with Crippen molar-refractivity contribution in [1.82, 2.24) is 5.32 Å². The predicted molar refractivity (Wildman–Crippen MR) is 115 cm³/mol. The van der Waals surface area contributed by atoms with E-state index in [1.807, 2.05) is 11.8 Å². The van der Waals surface area contributed by atoms with Crippen molar-refractivity contribution in [2.45, 2.75) is 95.4 Å². The second kappa shape index (κ2) is 13.9. The van der Waals surface area contributed by atoms with Crippen LogP contribution in [0, 0.1) is 6.92 Å². The average molecular weight is 388 g/mol. The summed E-state index contributed by atoms with van der Waals surface area (Å²) in [6, 6.07) is 6.45. The number of hydrogen-bond acceptors (Lipinski definition) is 3. The van der Waals surface area contributed by atoms with E-state index in [2.05, 4.69) is 58.1 Å². The summed E-state index contributed by atoms with van der Waals surface area (Å²) in [5.74, 6) is 0. The second-order valence-electron chi connectivity index (χ2n) is 7.15. The fourth-order valence-electron chi connectivity index (χ4n) is 2.88. The maximum absolute atomic E-state index is 10.6. The van der Waals surface area contributed by atoms with Gasteiger partial charge >= 0.3 is 0 Å². The Bertz CT molecular complexity index is 467. The Morgan fingerprint density at radius 1 is 1.04 bits per heavy atom. The molecule has 0 aliphatic carbocycles. The van der Waals surface area contributed by atoms with E-state index in [1.54, 1.807) is 0 Å². The highest BCUT2D eigenvalue weighted by Crippen LogP contribution is 2.29. The lowest BCUT2D eigenvalue weighted by Gasteiger charge is -2.22. The van der Waals surface area contributed by atoms with Crippen molar-refractivity contribution in [3.63, 3.8) is 0 Å². The molecule has 1 rings (SSSR count). The maximum atomic E-state index is 10.6. The molecule has 4 heteroatoms. The molecule has 0 fully saturated rings.